The van der Waals surface area contributed by atoms with Crippen molar-refractivity contribution in [3.63, 3.8) is 0 Å². The molecule has 0 fully saturated rings. The van der Waals surface area contributed by atoms with Crippen LogP contribution >= 0.6 is 0 Å². The van der Waals surface area contributed by atoms with Gasteiger partial charge in [-0.1, -0.05) is 18.2 Å². The van der Waals surface area contributed by atoms with E-state index in [1.54, 1.807) is 0 Å². The molecule has 21 heavy (non-hydrogen) atoms. The highest BCUT2D eigenvalue weighted by atomic mass is 16.2. The van der Waals surface area contributed by atoms with Crippen molar-refractivity contribution in [1.82, 2.24) is 0 Å². The van der Waals surface area contributed by atoms with Crippen molar-refractivity contribution >= 4 is 11.6 Å². The van der Waals surface area contributed by atoms with E-state index in [0.717, 1.165) is 18.5 Å². The zero-order valence-corrected chi connectivity index (χ0v) is 12.2. The first-order valence-electron chi connectivity index (χ1n) is 7.43. The Morgan fingerprint density at radius 3 is 2.90 bits per heavy atom. The first kappa shape index (κ1) is 13.8. The van der Waals surface area contributed by atoms with Gasteiger partial charge in [0.15, 0.2) is 5.66 Å². The van der Waals surface area contributed by atoms with Gasteiger partial charge in [0.05, 0.1) is 0 Å². The van der Waals surface area contributed by atoms with E-state index in [4.69, 9.17) is 6.42 Å². The van der Waals surface area contributed by atoms with E-state index in [-0.39, 0.29) is 17.6 Å². The first-order valence-corrected chi connectivity index (χ1v) is 7.43. The molecule has 3 rings (SSSR count). The summed E-state index contributed by atoms with van der Waals surface area (Å²) in [6.45, 7) is 2.10. The molecule has 0 saturated heterocycles. The minimum atomic E-state index is -0.371. The van der Waals surface area contributed by atoms with E-state index < -0.39 is 0 Å². The van der Waals surface area contributed by atoms with Gasteiger partial charge in [0.25, 0.3) is 0 Å². The number of carbonyl (C=O) groups is 1. The van der Waals surface area contributed by atoms with E-state index in [9.17, 15) is 4.79 Å². The number of anilines is 1. The van der Waals surface area contributed by atoms with Crippen molar-refractivity contribution in [3.05, 3.63) is 29.8 Å². The van der Waals surface area contributed by atoms with Crippen LogP contribution in [0.15, 0.2) is 34.5 Å². The highest BCUT2D eigenvalue weighted by Crippen LogP contribution is 2.39. The Hall–Kier alpha value is -2.15. The van der Waals surface area contributed by atoms with Crippen molar-refractivity contribution in [1.29, 1.82) is 0 Å². The Morgan fingerprint density at radius 1 is 1.43 bits per heavy atom. The lowest BCUT2D eigenvalue weighted by atomic mass is 10.0. The van der Waals surface area contributed by atoms with Gasteiger partial charge < -0.3 is 4.90 Å². The molecule has 0 radical (unpaired) electrons. The topological polar surface area (TPSA) is 45.0 Å². The van der Waals surface area contributed by atoms with Gasteiger partial charge in [0.1, 0.15) is 0 Å². The van der Waals surface area contributed by atoms with Crippen molar-refractivity contribution in [2.75, 3.05) is 4.90 Å². The number of nitrogens with zero attached hydrogens (tertiary/aromatic N) is 3. The van der Waals surface area contributed by atoms with Crippen LogP contribution in [0.4, 0.5) is 5.69 Å². The summed E-state index contributed by atoms with van der Waals surface area (Å²) in [6, 6.07) is 8.35. The molecule has 1 aromatic carbocycles. The molecular weight excluding hydrogens is 262 g/mol. The fraction of sp³-hybridized carbons (Fsp3) is 0.471. The molecule has 1 amide bonds. The largest absolute Gasteiger partial charge is 0.309 e. The zero-order chi connectivity index (χ0) is 14.9. The van der Waals surface area contributed by atoms with Crippen LogP contribution in [0, 0.1) is 12.3 Å². The van der Waals surface area contributed by atoms with Gasteiger partial charge in [-0.25, -0.2) is 0 Å². The zero-order valence-electron chi connectivity index (χ0n) is 12.2. The Bertz CT molecular complexity index is 623. The van der Waals surface area contributed by atoms with Crippen molar-refractivity contribution in [2.24, 2.45) is 10.2 Å². The van der Waals surface area contributed by atoms with E-state index >= 15 is 0 Å². The molecule has 0 aromatic heterocycles. The minimum Gasteiger partial charge on any atom is -0.309 e. The smallest absolute Gasteiger partial charge is 0.227 e. The molecule has 108 valence electrons. The highest BCUT2D eigenvalue weighted by Gasteiger charge is 2.40. The van der Waals surface area contributed by atoms with Crippen LogP contribution in [-0.2, 0) is 11.2 Å². The predicted molar refractivity (Wildman–Crippen MR) is 82.0 cm³/mol. The highest BCUT2D eigenvalue weighted by molar-refractivity contribution is 5.96. The molecular formula is C17H19N3O. The Kier molecular flexibility index (Phi) is 3.50. The Balaban J connectivity index is 1.63. The standard InChI is InChI=1S/C17H19N3O/c1-3-4-10-17(18-19-17)11-9-16(21)20-13(2)12-14-7-5-6-8-15(14)20/h1,5-8,13H,4,9-12H2,2H3. The molecule has 1 aromatic rings. The molecule has 0 spiro atoms. The molecule has 2 heterocycles. The summed E-state index contributed by atoms with van der Waals surface area (Å²) in [4.78, 5) is 14.5. The van der Waals surface area contributed by atoms with Crippen LogP contribution in [0.25, 0.3) is 0 Å². The van der Waals surface area contributed by atoms with E-state index in [0.29, 0.717) is 19.3 Å². The summed E-state index contributed by atoms with van der Waals surface area (Å²) in [5, 5.41) is 8.18. The van der Waals surface area contributed by atoms with Gasteiger partial charge in [-0.3, -0.25) is 4.79 Å². The minimum absolute atomic E-state index is 0.157. The average molecular weight is 281 g/mol. The molecule has 1 unspecified atom stereocenters. The third-order valence-electron chi connectivity index (χ3n) is 4.27. The van der Waals surface area contributed by atoms with Gasteiger partial charge in [-0.2, -0.15) is 10.2 Å². The molecule has 1 atom stereocenters. The van der Waals surface area contributed by atoms with Crippen LogP contribution in [0.3, 0.4) is 0 Å². The number of carbonyl (C=O) groups excluding carboxylic acids is 1. The number of benzene rings is 1. The van der Waals surface area contributed by atoms with Crippen LogP contribution in [0.1, 0.15) is 38.2 Å². The SMILES string of the molecule is C#CCCC1(CCC(=O)N2c3ccccc3CC2C)N=N1. The van der Waals surface area contributed by atoms with Crippen molar-refractivity contribution in [3.8, 4) is 12.3 Å². The van der Waals surface area contributed by atoms with Gasteiger partial charge in [0.2, 0.25) is 5.91 Å². The summed E-state index contributed by atoms with van der Waals surface area (Å²) in [6.07, 6.45) is 8.76. The molecule has 0 N–H and O–H groups in total. The third kappa shape index (κ3) is 2.69. The number of hydrogen-bond donors (Lipinski definition) is 0. The van der Waals surface area contributed by atoms with E-state index in [1.165, 1.54) is 5.56 Å². The normalized spacial score (nSPS) is 21.0. The summed E-state index contributed by atoms with van der Waals surface area (Å²) < 4.78 is 0. The maximum absolute atomic E-state index is 12.6. The number of amides is 1. The van der Waals surface area contributed by atoms with Crippen molar-refractivity contribution in [2.45, 2.75) is 50.7 Å². The number of terminal acetylenes is 1. The van der Waals surface area contributed by atoms with E-state index in [1.807, 2.05) is 23.1 Å². The van der Waals surface area contributed by atoms with E-state index in [2.05, 4.69) is 29.1 Å². The monoisotopic (exact) mass is 281 g/mol. The second-order valence-electron chi connectivity index (χ2n) is 5.83. The van der Waals surface area contributed by atoms with Gasteiger partial charge in [0, 0.05) is 37.4 Å². The fourth-order valence-corrected chi connectivity index (χ4v) is 3.04. The molecule has 0 bridgehead atoms. The van der Waals surface area contributed by atoms with Crippen LogP contribution in [-0.4, -0.2) is 17.6 Å². The van der Waals surface area contributed by atoms with Crippen LogP contribution in [0.5, 0.6) is 0 Å². The second-order valence-corrected chi connectivity index (χ2v) is 5.83. The maximum atomic E-state index is 12.6. The summed E-state index contributed by atoms with van der Waals surface area (Å²) >= 11 is 0. The molecule has 0 saturated carbocycles. The quantitative estimate of drug-likeness (QED) is 0.764. The Morgan fingerprint density at radius 2 is 2.19 bits per heavy atom. The summed E-state index contributed by atoms with van der Waals surface area (Å²) in [5.41, 5.74) is 1.93. The van der Waals surface area contributed by atoms with Gasteiger partial charge >= 0.3 is 0 Å². The average Bonchev–Trinajstić information content (AvgIpc) is 3.18. The van der Waals surface area contributed by atoms with Crippen LogP contribution in [0.2, 0.25) is 0 Å². The summed E-state index contributed by atoms with van der Waals surface area (Å²) in [7, 11) is 0. The first-order chi connectivity index (χ1) is 10.2. The number of rotatable bonds is 5. The summed E-state index contributed by atoms with van der Waals surface area (Å²) in [5.74, 6) is 2.77. The lowest BCUT2D eigenvalue weighted by Gasteiger charge is -2.23. The lowest BCUT2D eigenvalue weighted by molar-refractivity contribution is -0.119. The predicted octanol–water partition coefficient (Wildman–Crippen LogP) is 3.32. The third-order valence-corrected chi connectivity index (χ3v) is 4.27. The molecule has 4 heteroatoms. The number of hydrogen-bond acceptors (Lipinski definition) is 3. The number of fused-ring (bicyclic) bond motifs is 1. The molecule has 2 aliphatic heterocycles. The van der Waals surface area contributed by atoms with Crippen molar-refractivity contribution < 1.29 is 4.79 Å². The van der Waals surface area contributed by atoms with Crippen LogP contribution < -0.4 is 4.90 Å². The second kappa shape index (κ2) is 5.33. The number of para-hydroxylation sites is 1. The molecule has 0 aliphatic carbocycles. The fourth-order valence-electron chi connectivity index (χ4n) is 3.04. The molecule has 4 nitrogen and oxygen atoms in total. The van der Waals surface area contributed by atoms with Gasteiger partial charge in [-0.15, -0.1) is 12.3 Å². The van der Waals surface area contributed by atoms with Gasteiger partial charge in [-0.05, 0) is 25.0 Å². The molecule has 2 aliphatic rings. The Labute approximate surface area is 125 Å². The lowest BCUT2D eigenvalue weighted by Crippen LogP contribution is -2.36. The maximum Gasteiger partial charge on any atom is 0.227 e.